The maximum absolute atomic E-state index is 12.3. The highest BCUT2D eigenvalue weighted by Crippen LogP contribution is 2.37. The summed E-state index contributed by atoms with van der Waals surface area (Å²) in [6.45, 7) is 0.603. The van der Waals surface area contributed by atoms with Crippen molar-refractivity contribution in [1.29, 1.82) is 0 Å². The quantitative estimate of drug-likeness (QED) is 0.759. The van der Waals surface area contributed by atoms with Crippen LogP contribution in [0.15, 0.2) is 24.3 Å². The second-order valence-corrected chi connectivity index (χ2v) is 5.18. The van der Waals surface area contributed by atoms with Crippen molar-refractivity contribution in [3.8, 4) is 0 Å². The van der Waals surface area contributed by atoms with Crippen LogP contribution in [0.1, 0.15) is 30.0 Å². The van der Waals surface area contributed by atoms with Gasteiger partial charge in [0.05, 0.1) is 7.11 Å². The number of amides is 1. The van der Waals surface area contributed by atoms with Gasteiger partial charge < -0.3 is 9.64 Å². The van der Waals surface area contributed by atoms with E-state index in [2.05, 4.69) is 0 Å². The average molecular weight is 259 g/mol. The van der Waals surface area contributed by atoms with E-state index >= 15 is 0 Å². The maximum Gasteiger partial charge on any atom is 0.333 e. The molecule has 1 aromatic rings. The zero-order chi connectivity index (χ0) is 13.4. The van der Waals surface area contributed by atoms with Gasteiger partial charge in [0.1, 0.15) is 0 Å². The van der Waals surface area contributed by atoms with Crippen molar-refractivity contribution < 1.29 is 14.3 Å². The van der Waals surface area contributed by atoms with Crippen LogP contribution in [-0.2, 0) is 20.7 Å². The highest BCUT2D eigenvalue weighted by molar-refractivity contribution is 5.88. The average Bonchev–Trinajstić information content (AvgIpc) is 3.29. The molecule has 1 aliphatic heterocycles. The lowest BCUT2D eigenvalue weighted by Crippen LogP contribution is -2.44. The largest absolute Gasteiger partial charge is 0.467 e. The summed E-state index contributed by atoms with van der Waals surface area (Å²) in [5, 5.41) is 0. The SMILES string of the molecule is COC(=O)C1c2ccccc2CCN1C(=O)C1CC1. The first-order chi connectivity index (χ1) is 9.22. The molecule has 1 aliphatic carbocycles. The molecule has 0 bridgehead atoms. The molecule has 1 saturated carbocycles. The Bertz CT molecular complexity index is 522. The summed E-state index contributed by atoms with van der Waals surface area (Å²) in [7, 11) is 1.37. The Kier molecular flexibility index (Phi) is 3.01. The van der Waals surface area contributed by atoms with E-state index in [-0.39, 0.29) is 17.8 Å². The standard InChI is InChI=1S/C15H17NO3/c1-19-15(18)13-12-5-3-2-4-10(12)8-9-16(13)14(17)11-6-7-11/h2-5,11,13H,6-9H2,1H3. The number of benzene rings is 1. The Balaban J connectivity index is 1.98. The summed E-state index contributed by atoms with van der Waals surface area (Å²) >= 11 is 0. The van der Waals surface area contributed by atoms with Gasteiger partial charge in [0.15, 0.2) is 6.04 Å². The second-order valence-electron chi connectivity index (χ2n) is 5.18. The summed E-state index contributed by atoms with van der Waals surface area (Å²) in [5.41, 5.74) is 2.05. The molecule has 0 saturated heterocycles. The number of ether oxygens (including phenoxy) is 1. The number of carbonyl (C=O) groups excluding carboxylic acids is 2. The van der Waals surface area contributed by atoms with Crippen molar-refractivity contribution in [1.82, 2.24) is 4.90 Å². The van der Waals surface area contributed by atoms with Gasteiger partial charge >= 0.3 is 5.97 Å². The van der Waals surface area contributed by atoms with Gasteiger partial charge in [0.2, 0.25) is 5.91 Å². The maximum atomic E-state index is 12.3. The summed E-state index contributed by atoms with van der Waals surface area (Å²) in [6.07, 6.45) is 2.71. The van der Waals surface area contributed by atoms with E-state index in [1.54, 1.807) is 4.90 Å². The number of esters is 1. The van der Waals surface area contributed by atoms with Crippen molar-refractivity contribution in [2.24, 2.45) is 5.92 Å². The van der Waals surface area contributed by atoms with Gasteiger partial charge in [-0.1, -0.05) is 24.3 Å². The van der Waals surface area contributed by atoms with Crippen LogP contribution in [0.4, 0.5) is 0 Å². The smallest absolute Gasteiger partial charge is 0.333 e. The predicted molar refractivity (Wildman–Crippen MR) is 69.3 cm³/mol. The topological polar surface area (TPSA) is 46.6 Å². The molecule has 0 spiro atoms. The molecule has 1 heterocycles. The summed E-state index contributed by atoms with van der Waals surface area (Å²) in [4.78, 5) is 26.1. The normalized spacial score (nSPS) is 21.7. The highest BCUT2D eigenvalue weighted by Gasteiger charge is 2.41. The van der Waals surface area contributed by atoms with Crippen LogP contribution in [0, 0.1) is 5.92 Å². The third-order valence-electron chi connectivity index (χ3n) is 3.92. The van der Waals surface area contributed by atoms with E-state index in [0.29, 0.717) is 6.54 Å². The molecule has 1 amide bonds. The third kappa shape index (κ3) is 2.11. The Hall–Kier alpha value is -1.84. The van der Waals surface area contributed by atoms with Crippen LogP contribution in [-0.4, -0.2) is 30.4 Å². The van der Waals surface area contributed by atoms with Crippen LogP contribution in [0.2, 0.25) is 0 Å². The predicted octanol–water partition coefficient (Wildman–Crippen LogP) is 1.70. The first-order valence-electron chi connectivity index (χ1n) is 6.68. The number of methoxy groups -OCH3 is 1. The number of carbonyl (C=O) groups is 2. The van der Waals surface area contributed by atoms with Gasteiger partial charge in [-0.3, -0.25) is 4.79 Å². The van der Waals surface area contributed by atoms with Crippen molar-refractivity contribution in [3.05, 3.63) is 35.4 Å². The molecule has 4 heteroatoms. The Morgan fingerprint density at radius 2 is 2.00 bits per heavy atom. The van der Waals surface area contributed by atoms with E-state index in [4.69, 9.17) is 4.74 Å². The molecule has 4 nitrogen and oxygen atoms in total. The minimum atomic E-state index is -0.567. The first kappa shape index (κ1) is 12.2. The number of hydrogen-bond donors (Lipinski definition) is 0. The third-order valence-corrected chi connectivity index (χ3v) is 3.92. The van der Waals surface area contributed by atoms with Gasteiger partial charge in [-0.25, -0.2) is 4.79 Å². The molecule has 1 aromatic carbocycles. The van der Waals surface area contributed by atoms with Crippen LogP contribution in [0.25, 0.3) is 0 Å². The molecule has 0 N–H and O–H groups in total. The highest BCUT2D eigenvalue weighted by atomic mass is 16.5. The summed E-state index contributed by atoms with van der Waals surface area (Å²) < 4.78 is 4.89. The van der Waals surface area contributed by atoms with Crippen LogP contribution in [0.3, 0.4) is 0 Å². The van der Waals surface area contributed by atoms with E-state index in [1.165, 1.54) is 7.11 Å². The number of rotatable bonds is 2. The van der Waals surface area contributed by atoms with E-state index < -0.39 is 6.04 Å². The van der Waals surface area contributed by atoms with E-state index in [9.17, 15) is 9.59 Å². The number of fused-ring (bicyclic) bond motifs is 1. The van der Waals surface area contributed by atoms with Gasteiger partial charge in [0, 0.05) is 12.5 Å². The summed E-state index contributed by atoms with van der Waals surface area (Å²) in [6, 6.07) is 7.24. The van der Waals surface area contributed by atoms with Gasteiger partial charge in [-0.05, 0) is 30.4 Å². The molecule has 1 fully saturated rings. The van der Waals surface area contributed by atoms with Crippen LogP contribution >= 0.6 is 0 Å². The zero-order valence-electron chi connectivity index (χ0n) is 11.0. The summed E-state index contributed by atoms with van der Waals surface area (Å²) in [5.74, 6) is -0.122. The first-order valence-corrected chi connectivity index (χ1v) is 6.68. The van der Waals surface area contributed by atoms with Crippen molar-refractivity contribution in [2.45, 2.75) is 25.3 Å². The Labute approximate surface area is 112 Å². The monoisotopic (exact) mass is 259 g/mol. The molecule has 1 unspecified atom stereocenters. The fourth-order valence-electron chi connectivity index (χ4n) is 2.73. The number of hydrogen-bond acceptors (Lipinski definition) is 3. The molecule has 2 aliphatic rings. The van der Waals surface area contributed by atoms with Crippen molar-refractivity contribution in [2.75, 3.05) is 13.7 Å². The van der Waals surface area contributed by atoms with Crippen LogP contribution < -0.4 is 0 Å². The van der Waals surface area contributed by atoms with Gasteiger partial charge in [-0.2, -0.15) is 0 Å². The Morgan fingerprint density at radius 1 is 1.26 bits per heavy atom. The van der Waals surface area contributed by atoms with Gasteiger partial charge in [0.25, 0.3) is 0 Å². The van der Waals surface area contributed by atoms with Crippen molar-refractivity contribution in [3.63, 3.8) is 0 Å². The minimum Gasteiger partial charge on any atom is -0.467 e. The fraction of sp³-hybridized carbons (Fsp3) is 0.467. The molecule has 0 radical (unpaired) electrons. The molecule has 1 atom stereocenters. The molecular weight excluding hydrogens is 242 g/mol. The zero-order valence-corrected chi connectivity index (χ0v) is 11.0. The molecule has 3 rings (SSSR count). The minimum absolute atomic E-state index is 0.102. The fourth-order valence-corrected chi connectivity index (χ4v) is 2.73. The van der Waals surface area contributed by atoms with Crippen molar-refractivity contribution >= 4 is 11.9 Å². The second kappa shape index (κ2) is 4.68. The molecule has 0 aromatic heterocycles. The molecule has 100 valence electrons. The molecule has 19 heavy (non-hydrogen) atoms. The van der Waals surface area contributed by atoms with Gasteiger partial charge in [-0.15, -0.1) is 0 Å². The Morgan fingerprint density at radius 3 is 2.68 bits per heavy atom. The van der Waals surface area contributed by atoms with Crippen LogP contribution in [0.5, 0.6) is 0 Å². The number of nitrogens with zero attached hydrogens (tertiary/aromatic N) is 1. The lowest BCUT2D eigenvalue weighted by molar-refractivity contribution is -0.154. The van der Waals surface area contributed by atoms with E-state index in [1.807, 2.05) is 24.3 Å². The lowest BCUT2D eigenvalue weighted by atomic mass is 9.92. The lowest BCUT2D eigenvalue weighted by Gasteiger charge is -2.35. The van der Waals surface area contributed by atoms with E-state index in [0.717, 1.165) is 30.4 Å². The molecular formula is C15H17NO3.